The van der Waals surface area contributed by atoms with Gasteiger partial charge in [0.2, 0.25) is 0 Å². The molecule has 1 N–H and O–H groups in total. The van der Waals surface area contributed by atoms with E-state index >= 15 is 0 Å². The number of nitrogens with zero attached hydrogens (tertiary/aromatic N) is 2. The Morgan fingerprint density at radius 3 is 2.68 bits per heavy atom. The van der Waals surface area contributed by atoms with E-state index in [-0.39, 0.29) is 0 Å². The molecule has 2 heterocycles. The van der Waals surface area contributed by atoms with Crippen molar-refractivity contribution < 1.29 is 0 Å². The van der Waals surface area contributed by atoms with E-state index in [1.54, 1.807) is 0 Å². The largest absolute Gasteiger partial charge is 0.338 e. The lowest BCUT2D eigenvalue weighted by Gasteiger charge is -2.14. The van der Waals surface area contributed by atoms with E-state index in [1.165, 1.54) is 59.0 Å². The van der Waals surface area contributed by atoms with Crippen LogP contribution in [0.25, 0.3) is 16.6 Å². The van der Waals surface area contributed by atoms with Crippen molar-refractivity contribution in [2.24, 2.45) is 10.9 Å². The van der Waals surface area contributed by atoms with E-state index in [1.807, 2.05) is 0 Å². The molecule has 0 radical (unpaired) electrons. The summed E-state index contributed by atoms with van der Waals surface area (Å²) in [6.45, 7) is 8.54. The predicted molar refractivity (Wildman–Crippen MR) is 145 cm³/mol. The van der Waals surface area contributed by atoms with Gasteiger partial charge in [0.05, 0.1) is 22.5 Å². The summed E-state index contributed by atoms with van der Waals surface area (Å²) < 4.78 is 2.58. The fourth-order valence-corrected chi connectivity index (χ4v) is 4.80. The number of rotatable bonds is 8. The quantitative estimate of drug-likeness (QED) is 0.420. The van der Waals surface area contributed by atoms with Crippen molar-refractivity contribution in [2.45, 2.75) is 90.6 Å². The smallest absolute Gasteiger partial charge is 0.0840 e. The maximum atomic E-state index is 5.09. The number of unbranched alkanes of at least 4 members (excludes halogenated alkanes) is 1. The average Bonchev–Trinajstić information content (AvgIpc) is 3.73. The lowest BCUT2D eigenvalue weighted by atomic mass is 10.0. The lowest BCUT2D eigenvalue weighted by Crippen LogP contribution is -2.25. The second-order valence-corrected chi connectivity index (χ2v) is 10.6. The molecule has 3 nitrogen and oxygen atoms in total. The molecule has 3 heteroatoms. The first-order valence-electron chi connectivity index (χ1n) is 13.5. The van der Waals surface area contributed by atoms with Crippen LogP contribution in [-0.4, -0.2) is 23.4 Å². The molecule has 0 spiro atoms. The Morgan fingerprint density at radius 2 is 1.94 bits per heavy atom. The van der Waals surface area contributed by atoms with Crippen molar-refractivity contribution in [1.29, 1.82) is 0 Å². The third kappa shape index (κ3) is 5.39. The maximum Gasteiger partial charge on any atom is 0.0840 e. The zero-order valence-electron chi connectivity index (χ0n) is 21.2. The van der Waals surface area contributed by atoms with Gasteiger partial charge < -0.3 is 9.88 Å². The van der Waals surface area contributed by atoms with Crippen LogP contribution in [0.5, 0.6) is 0 Å². The molecule has 2 aromatic rings. The van der Waals surface area contributed by atoms with Crippen molar-refractivity contribution in [3.05, 3.63) is 52.7 Å². The molecule has 2 aliphatic carbocycles. The van der Waals surface area contributed by atoms with Crippen LogP contribution in [-0.2, 0) is 6.54 Å². The highest BCUT2D eigenvalue weighted by molar-refractivity contribution is 5.95. The number of nitrogens with one attached hydrogen (secondary N) is 1. The van der Waals surface area contributed by atoms with Gasteiger partial charge in [-0.15, -0.1) is 0 Å². The van der Waals surface area contributed by atoms with Crippen LogP contribution in [0.3, 0.4) is 0 Å². The van der Waals surface area contributed by atoms with Crippen LogP contribution in [0.1, 0.15) is 94.9 Å². The van der Waals surface area contributed by atoms with Gasteiger partial charge in [0, 0.05) is 37.2 Å². The van der Waals surface area contributed by atoms with E-state index in [0.29, 0.717) is 6.04 Å². The molecule has 0 unspecified atom stereocenters. The molecule has 2 fully saturated rings. The Labute approximate surface area is 205 Å². The van der Waals surface area contributed by atoms with Gasteiger partial charge in [-0.2, -0.15) is 0 Å². The number of aliphatic imine (C=N–C) groups is 1. The number of benzene rings is 1. The number of allylic oxidation sites excluding steroid dienone is 2. The van der Waals surface area contributed by atoms with E-state index in [0.717, 1.165) is 56.3 Å². The summed E-state index contributed by atoms with van der Waals surface area (Å²) >= 11 is 0. The first-order chi connectivity index (χ1) is 16.6. The van der Waals surface area contributed by atoms with Crippen LogP contribution >= 0.6 is 0 Å². The average molecular weight is 454 g/mol. The molecule has 5 rings (SSSR count). The molecule has 34 heavy (non-hydrogen) atoms. The summed E-state index contributed by atoms with van der Waals surface area (Å²) in [4.78, 5) is 5.09. The Hall–Kier alpha value is -2.57. The summed E-state index contributed by atoms with van der Waals surface area (Å²) in [5.74, 6) is 8.62. The van der Waals surface area contributed by atoms with Gasteiger partial charge >= 0.3 is 0 Å². The molecule has 1 aliphatic heterocycles. The molecule has 0 atom stereocenters. The summed E-state index contributed by atoms with van der Waals surface area (Å²) in [5.41, 5.74) is 7.66. The Balaban J connectivity index is 1.61. The maximum absolute atomic E-state index is 5.09. The normalized spacial score (nSPS) is 22.4. The van der Waals surface area contributed by atoms with E-state index in [4.69, 9.17) is 4.99 Å². The molecule has 178 valence electrons. The molecular weight excluding hydrogens is 414 g/mol. The Bertz CT molecular complexity index is 1190. The highest BCUT2D eigenvalue weighted by atomic mass is 15.0. The minimum Gasteiger partial charge on any atom is -0.338 e. The molecule has 0 bridgehead atoms. The van der Waals surface area contributed by atoms with Gasteiger partial charge in [-0.25, -0.2) is 0 Å². The third-order valence-electron chi connectivity index (χ3n) is 7.10. The summed E-state index contributed by atoms with van der Waals surface area (Å²) in [7, 11) is 0. The molecule has 1 aromatic carbocycles. The second kappa shape index (κ2) is 10.4. The second-order valence-electron chi connectivity index (χ2n) is 10.6. The molecule has 1 aromatic heterocycles. The number of hydrogen-bond acceptors (Lipinski definition) is 2. The standard InChI is InChI=1S/C31H39N3/c1-4-5-6-10-28-27-17-16-26(25-14-15-25)18-30(27)34(21-23-12-13-23)31(28)29-11-8-7-9-24(20-33-29)19-32-22(2)3/h9,11,16-18,20,22-23,25,32H,4-5,7-8,12-15,19,21H2,1-3H3/b24-9-,29-11-,33-20+. The van der Waals surface area contributed by atoms with Crippen molar-refractivity contribution in [3.8, 4) is 11.8 Å². The van der Waals surface area contributed by atoms with Gasteiger partial charge in [0.15, 0.2) is 0 Å². The van der Waals surface area contributed by atoms with Crippen molar-refractivity contribution in [2.75, 3.05) is 6.54 Å². The SMILES string of the molecule is CCCC#Cc1c(C2=C\CC\C=C(CNC(C)C)/C=N/2)n(CC2CC2)c2cc(C3CC3)ccc12. The summed E-state index contributed by atoms with van der Waals surface area (Å²) in [6.07, 6.45) is 16.2. The number of aromatic nitrogens is 1. The van der Waals surface area contributed by atoms with Crippen molar-refractivity contribution in [3.63, 3.8) is 0 Å². The van der Waals surface area contributed by atoms with E-state index < -0.39 is 0 Å². The van der Waals surface area contributed by atoms with Crippen molar-refractivity contribution in [1.82, 2.24) is 9.88 Å². The van der Waals surface area contributed by atoms with Gasteiger partial charge in [-0.1, -0.05) is 56.9 Å². The van der Waals surface area contributed by atoms with Crippen LogP contribution in [0, 0.1) is 17.8 Å². The molecule has 3 aliphatic rings. The van der Waals surface area contributed by atoms with Crippen LogP contribution in [0.2, 0.25) is 0 Å². The first kappa shape index (κ1) is 23.2. The molecular formula is C31H39N3. The highest BCUT2D eigenvalue weighted by Gasteiger charge is 2.29. The van der Waals surface area contributed by atoms with Crippen LogP contribution in [0.15, 0.2) is 40.9 Å². The Morgan fingerprint density at radius 1 is 1.12 bits per heavy atom. The summed E-state index contributed by atoms with van der Waals surface area (Å²) in [6, 6.07) is 7.63. The monoisotopic (exact) mass is 453 g/mol. The van der Waals surface area contributed by atoms with Gasteiger partial charge in [0.25, 0.3) is 0 Å². The molecule has 0 saturated heterocycles. The van der Waals surface area contributed by atoms with Crippen LogP contribution in [0.4, 0.5) is 0 Å². The zero-order valence-corrected chi connectivity index (χ0v) is 21.2. The number of hydrogen-bond donors (Lipinski definition) is 1. The Kier molecular flexibility index (Phi) is 7.07. The van der Waals surface area contributed by atoms with Gasteiger partial charge in [-0.05, 0) is 74.0 Å². The highest BCUT2D eigenvalue weighted by Crippen LogP contribution is 2.43. The molecule has 0 amide bonds. The summed E-state index contributed by atoms with van der Waals surface area (Å²) in [5, 5.41) is 4.85. The lowest BCUT2D eigenvalue weighted by molar-refractivity contribution is 0.627. The minimum atomic E-state index is 0.469. The van der Waals surface area contributed by atoms with Crippen LogP contribution < -0.4 is 5.32 Å². The third-order valence-corrected chi connectivity index (χ3v) is 7.10. The topological polar surface area (TPSA) is 29.3 Å². The van der Waals surface area contributed by atoms with Gasteiger partial charge in [0.1, 0.15) is 0 Å². The number of fused-ring (bicyclic) bond motifs is 1. The zero-order chi connectivity index (χ0) is 23.5. The van der Waals surface area contributed by atoms with Crippen molar-refractivity contribution >= 4 is 22.8 Å². The van der Waals surface area contributed by atoms with E-state index in [9.17, 15) is 0 Å². The van der Waals surface area contributed by atoms with Gasteiger partial charge in [-0.3, -0.25) is 4.99 Å². The first-order valence-corrected chi connectivity index (χ1v) is 13.5. The fourth-order valence-electron chi connectivity index (χ4n) is 4.80. The fraction of sp³-hybridized carbons (Fsp3) is 0.516. The minimum absolute atomic E-state index is 0.469. The van der Waals surface area contributed by atoms with E-state index in [2.05, 4.69) is 79.1 Å². The predicted octanol–water partition coefficient (Wildman–Crippen LogP) is 7.21. The molecule has 2 saturated carbocycles.